The van der Waals surface area contributed by atoms with Crippen molar-refractivity contribution in [2.45, 2.75) is 58.5 Å². The summed E-state index contributed by atoms with van der Waals surface area (Å²) in [5.41, 5.74) is 6.62. The van der Waals surface area contributed by atoms with Crippen LogP contribution in [0.3, 0.4) is 0 Å². The third-order valence-corrected chi connectivity index (χ3v) is 4.32. The van der Waals surface area contributed by atoms with Crippen molar-refractivity contribution < 1.29 is 0 Å². The first-order valence-electron chi connectivity index (χ1n) is 7.07. The molecule has 0 saturated heterocycles. The van der Waals surface area contributed by atoms with Gasteiger partial charge in [0.05, 0.1) is 0 Å². The lowest BCUT2D eigenvalue weighted by Crippen LogP contribution is -2.15. The Balaban J connectivity index is 2.06. The van der Waals surface area contributed by atoms with Gasteiger partial charge in [0.25, 0.3) is 0 Å². The molecule has 0 amide bonds. The zero-order valence-corrected chi connectivity index (χ0v) is 11.3. The summed E-state index contributed by atoms with van der Waals surface area (Å²) in [5.74, 6) is 1.56. The van der Waals surface area contributed by atoms with Gasteiger partial charge in [-0.15, -0.1) is 0 Å². The summed E-state index contributed by atoms with van der Waals surface area (Å²) in [4.78, 5) is 2.56. The van der Waals surface area contributed by atoms with Gasteiger partial charge in [-0.3, -0.25) is 4.90 Å². The maximum absolute atomic E-state index is 2.56. The van der Waals surface area contributed by atoms with Gasteiger partial charge in [0.1, 0.15) is 0 Å². The predicted octanol–water partition coefficient (Wildman–Crippen LogP) is 4.02. The van der Waals surface area contributed by atoms with E-state index in [-0.39, 0.29) is 0 Å². The van der Waals surface area contributed by atoms with Crippen molar-refractivity contribution in [2.24, 2.45) is 0 Å². The van der Waals surface area contributed by atoms with E-state index in [4.69, 9.17) is 0 Å². The molecule has 17 heavy (non-hydrogen) atoms. The molecular formula is C16H23N. The second kappa shape index (κ2) is 4.13. The van der Waals surface area contributed by atoms with Crippen molar-refractivity contribution in [3.8, 4) is 0 Å². The van der Waals surface area contributed by atoms with Crippen molar-refractivity contribution in [1.29, 1.82) is 0 Å². The van der Waals surface area contributed by atoms with E-state index in [9.17, 15) is 0 Å². The highest BCUT2D eigenvalue weighted by Gasteiger charge is 2.32. The smallest absolute Gasteiger partial charge is 0.0243 e. The Hall–Kier alpha value is -0.820. The van der Waals surface area contributed by atoms with Crippen LogP contribution in [0.25, 0.3) is 0 Å². The minimum absolute atomic E-state index is 0.673. The summed E-state index contributed by atoms with van der Waals surface area (Å²) < 4.78 is 0. The quantitative estimate of drug-likeness (QED) is 0.756. The van der Waals surface area contributed by atoms with E-state index in [0.29, 0.717) is 5.92 Å². The monoisotopic (exact) mass is 229 g/mol. The zero-order chi connectivity index (χ0) is 12.0. The Kier molecular flexibility index (Phi) is 2.74. The first-order chi connectivity index (χ1) is 8.20. The fraction of sp³-hybridized carbons (Fsp3) is 0.625. The third-order valence-electron chi connectivity index (χ3n) is 4.32. The molecule has 1 fully saturated rings. The van der Waals surface area contributed by atoms with E-state index in [1.165, 1.54) is 32.5 Å². The molecule has 92 valence electrons. The average Bonchev–Trinajstić information content (AvgIpc) is 3.05. The summed E-state index contributed by atoms with van der Waals surface area (Å²) >= 11 is 0. The van der Waals surface area contributed by atoms with Gasteiger partial charge in [-0.05, 0) is 53.5 Å². The lowest BCUT2D eigenvalue weighted by molar-refractivity contribution is 0.300. The van der Waals surface area contributed by atoms with Crippen molar-refractivity contribution in [3.05, 3.63) is 34.4 Å². The average molecular weight is 229 g/mol. The summed E-state index contributed by atoms with van der Waals surface area (Å²) in [6, 6.07) is 4.78. The van der Waals surface area contributed by atoms with Crippen LogP contribution < -0.4 is 0 Å². The molecule has 0 unspecified atom stereocenters. The number of rotatable bonds is 3. The van der Waals surface area contributed by atoms with Gasteiger partial charge in [-0.2, -0.15) is 0 Å². The number of nitrogens with zero attached hydrogens (tertiary/aromatic N) is 1. The fourth-order valence-corrected chi connectivity index (χ4v) is 3.16. The Bertz CT molecular complexity index is 429. The second-order valence-corrected chi connectivity index (χ2v) is 5.94. The lowest BCUT2D eigenvalue weighted by atomic mass is 9.89. The van der Waals surface area contributed by atoms with Crippen LogP contribution in [0.15, 0.2) is 12.1 Å². The predicted molar refractivity (Wildman–Crippen MR) is 72.3 cm³/mol. The molecule has 0 aromatic heterocycles. The molecule has 0 atom stereocenters. The highest BCUT2D eigenvalue weighted by molar-refractivity contribution is 5.48. The Labute approximate surface area is 105 Å². The molecule has 2 aliphatic rings. The first kappa shape index (κ1) is 11.3. The van der Waals surface area contributed by atoms with E-state index in [1.54, 1.807) is 22.3 Å². The lowest BCUT2D eigenvalue weighted by Gasteiger charge is -2.17. The van der Waals surface area contributed by atoms with Gasteiger partial charge in [0.2, 0.25) is 0 Å². The molecule has 1 aromatic rings. The Morgan fingerprint density at radius 1 is 1.24 bits per heavy atom. The second-order valence-electron chi connectivity index (χ2n) is 5.94. The third kappa shape index (κ3) is 1.91. The standard InChI is InChI=1S/C16H23N/c1-4-17-9-13-7-8-14(11(2)3)16(12-5-6-12)15(13)10-17/h7-8,11-12H,4-6,9-10H2,1-3H3. The maximum Gasteiger partial charge on any atom is 0.0243 e. The largest absolute Gasteiger partial charge is 0.295 e. The molecule has 0 radical (unpaired) electrons. The van der Waals surface area contributed by atoms with E-state index in [1.807, 2.05) is 0 Å². The van der Waals surface area contributed by atoms with Crippen LogP contribution in [-0.2, 0) is 13.1 Å². The summed E-state index contributed by atoms with van der Waals surface area (Å²) in [6.45, 7) is 10.5. The van der Waals surface area contributed by atoms with Crippen LogP contribution in [0.4, 0.5) is 0 Å². The fourth-order valence-electron chi connectivity index (χ4n) is 3.16. The van der Waals surface area contributed by atoms with Gasteiger partial charge in [0, 0.05) is 13.1 Å². The SMILES string of the molecule is CCN1Cc2ccc(C(C)C)c(C3CC3)c2C1. The molecular weight excluding hydrogens is 206 g/mol. The normalized spacial score (nSPS) is 20.0. The molecule has 3 rings (SSSR count). The van der Waals surface area contributed by atoms with Gasteiger partial charge in [-0.25, -0.2) is 0 Å². The van der Waals surface area contributed by atoms with Gasteiger partial charge >= 0.3 is 0 Å². The zero-order valence-electron chi connectivity index (χ0n) is 11.3. The van der Waals surface area contributed by atoms with E-state index >= 15 is 0 Å². The topological polar surface area (TPSA) is 3.24 Å². The first-order valence-corrected chi connectivity index (χ1v) is 7.07. The van der Waals surface area contributed by atoms with Gasteiger partial charge in [-0.1, -0.05) is 32.9 Å². The number of benzene rings is 1. The molecule has 0 spiro atoms. The van der Waals surface area contributed by atoms with E-state index in [2.05, 4.69) is 37.8 Å². The Morgan fingerprint density at radius 3 is 2.59 bits per heavy atom. The molecule has 1 saturated carbocycles. The highest BCUT2D eigenvalue weighted by atomic mass is 15.1. The number of fused-ring (bicyclic) bond motifs is 1. The number of hydrogen-bond acceptors (Lipinski definition) is 1. The van der Waals surface area contributed by atoms with Crippen LogP contribution in [0.5, 0.6) is 0 Å². The van der Waals surface area contributed by atoms with Gasteiger partial charge < -0.3 is 0 Å². The molecule has 0 N–H and O–H groups in total. The van der Waals surface area contributed by atoms with E-state index < -0.39 is 0 Å². The summed E-state index contributed by atoms with van der Waals surface area (Å²) in [6.07, 6.45) is 2.84. The van der Waals surface area contributed by atoms with Crippen molar-refractivity contribution in [2.75, 3.05) is 6.54 Å². The maximum atomic E-state index is 2.56. The summed E-state index contributed by atoms with van der Waals surface area (Å²) in [7, 11) is 0. The molecule has 1 heterocycles. The molecule has 1 aromatic carbocycles. The van der Waals surface area contributed by atoms with E-state index in [0.717, 1.165) is 5.92 Å². The van der Waals surface area contributed by atoms with Crippen LogP contribution in [0.1, 0.15) is 67.7 Å². The molecule has 0 bridgehead atoms. The van der Waals surface area contributed by atoms with Crippen LogP contribution in [0, 0.1) is 0 Å². The summed E-state index contributed by atoms with van der Waals surface area (Å²) in [5, 5.41) is 0. The highest BCUT2D eigenvalue weighted by Crippen LogP contribution is 2.47. The minimum atomic E-state index is 0.673. The van der Waals surface area contributed by atoms with Crippen LogP contribution in [0.2, 0.25) is 0 Å². The van der Waals surface area contributed by atoms with Crippen LogP contribution >= 0.6 is 0 Å². The van der Waals surface area contributed by atoms with Gasteiger partial charge in [0.15, 0.2) is 0 Å². The molecule has 1 aliphatic heterocycles. The van der Waals surface area contributed by atoms with Crippen molar-refractivity contribution >= 4 is 0 Å². The van der Waals surface area contributed by atoms with Crippen molar-refractivity contribution in [3.63, 3.8) is 0 Å². The molecule has 1 heteroatoms. The molecule has 1 nitrogen and oxygen atoms in total. The van der Waals surface area contributed by atoms with Crippen molar-refractivity contribution in [1.82, 2.24) is 4.90 Å². The number of hydrogen-bond donors (Lipinski definition) is 0. The molecule has 1 aliphatic carbocycles. The Morgan fingerprint density at radius 2 is 2.00 bits per heavy atom. The minimum Gasteiger partial charge on any atom is -0.295 e. The van der Waals surface area contributed by atoms with Crippen LogP contribution in [-0.4, -0.2) is 11.4 Å².